The van der Waals surface area contributed by atoms with Crippen LogP contribution in [0.3, 0.4) is 0 Å². The minimum Gasteiger partial charge on any atom is -0.492 e. The van der Waals surface area contributed by atoms with Crippen molar-refractivity contribution in [2.24, 2.45) is 0 Å². The number of benzene rings is 2. The average Bonchev–Trinajstić information content (AvgIpc) is 2.60. The maximum atomic E-state index is 11.8. The van der Waals surface area contributed by atoms with Gasteiger partial charge in [-0.3, -0.25) is 4.79 Å². The molecule has 2 aromatic rings. The summed E-state index contributed by atoms with van der Waals surface area (Å²) >= 11 is 0. The third-order valence-corrected chi connectivity index (χ3v) is 3.87. The van der Waals surface area contributed by atoms with Crippen LogP contribution >= 0.6 is 0 Å². The van der Waals surface area contributed by atoms with Crippen molar-refractivity contribution >= 4 is 5.91 Å². The van der Waals surface area contributed by atoms with Crippen molar-refractivity contribution in [1.29, 1.82) is 0 Å². The van der Waals surface area contributed by atoms with E-state index in [9.17, 15) is 4.79 Å². The van der Waals surface area contributed by atoms with Gasteiger partial charge >= 0.3 is 0 Å². The first-order valence-electron chi connectivity index (χ1n) is 8.27. The maximum Gasteiger partial charge on any atom is 0.258 e. The highest BCUT2D eigenvalue weighted by Gasteiger charge is 2.03. The second-order valence-electron chi connectivity index (χ2n) is 5.73. The summed E-state index contributed by atoms with van der Waals surface area (Å²) in [5.41, 5.74) is 3.68. The molecule has 0 bridgehead atoms. The third kappa shape index (κ3) is 5.61. The normalized spacial score (nSPS) is 10.3. The standard InChI is InChI=1S/C20H25NO3/c1-4-17-6-9-18(10-7-17)24-14-20(22)21-11-12-23-19-8-5-15(2)16(3)13-19/h5-10,13H,4,11-12,14H2,1-3H3,(H,21,22). The van der Waals surface area contributed by atoms with E-state index in [-0.39, 0.29) is 12.5 Å². The zero-order valence-electron chi connectivity index (χ0n) is 14.6. The lowest BCUT2D eigenvalue weighted by Gasteiger charge is -2.10. The topological polar surface area (TPSA) is 47.6 Å². The van der Waals surface area contributed by atoms with E-state index in [0.717, 1.165) is 12.2 Å². The van der Waals surface area contributed by atoms with Crippen LogP contribution in [0.4, 0.5) is 0 Å². The molecule has 4 heteroatoms. The smallest absolute Gasteiger partial charge is 0.258 e. The van der Waals surface area contributed by atoms with Crippen LogP contribution in [0.15, 0.2) is 42.5 Å². The first-order chi connectivity index (χ1) is 11.6. The molecule has 0 unspecified atom stereocenters. The molecule has 2 rings (SSSR count). The van der Waals surface area contributed by atoms with Crippen molar-refractivity contribution in [3.63, 3.8) is 0 Å². The number of hydrogen-bond donors (Lipinski definition) is 1. The minimum absolute atomic E-state index is 0.00904. The molecule has 0 aliphatic heterocycles. The van der Waals surface area contributed by atoms with E-state index in [1.807, 2.05) is 49.4 Å². The van der Waals surface area contributed by atoms with Crippen molar-refractivity contribution in [2.45, 2.75) is 27.2 Å². The number of carbonyl (C=O) groups is 1. The van der Waals surface area contributed by atoms with E-state index in [0.29, 0.717) is 18.9 Å². The van der Waals surface area contributed by atoms with Gasteiger partial charge in [0.05, 0.1) is 6.54 Å². The summed E-state index contributed by atoms with van der Waals surface area (Å²) in [6.07, 6.45) is 0.987. The molecule has 0 spiro atoms. The van der Waals surface area contributed by atoms with Crippen LogP contribution in [0, 0.1) is 13.8 Å². The van der Waals surface area contributed by atoms with E-state index in [2.05, 4.69) is 19.2 Å². The Labute approximate surface area is 143 Å². The molecule has 0 radical (unpaired) electrons. The second kappa shape index (κ2) is 8.96. The zero-order chi connectivity index (χ0) is 17.4. The Morgan fingerprint density at radius 1 is 0.958 bits per heavy atom. The van der Waals surface area contributed by atoms with E-state index < -0.39 is 0 Å². The number of carbonyl (C=O) groups excluding carboxylic acids is 1. The van der Waals surface area contributed by atoms with Gasteiger partial charge in [0, 0.05) is 0 Å². The number of nitrogens with one attached hydrogen (secondary N) is 1. The average molecular weight is 327 g/mol. The molecular weight excluding hydrogens is 302 g/mol. The van der Waals surface area contributed by atoms with E-state index in [4.69, 9.17) is 9.47 Å². The Morgan fingerprint density at radius 3 is 2.33 bits per heavy atom. The van der Waals surface area contributed by atoms with Gasteiger partial charge in [0.15, 0.2) is 6.61 Å². The van der Waals surface area contributed by atoms with Crippen LogP contribution in [0.25, 0.3) is 0 Å². The molecule has 1 amide bonds. The first kappa shape index (κ1) is 17.9. The lowest BCUT2D eigenvalue weighted by atomic mass is 10.1. The zero-order valence-corrected chi connectivity index (χ0v) is 14.6. The fourth-order valence-electron chi connectivity index (χ4n) is 2.18. The van der Waals surface area contributed by atoms with Crippen LogP contribution < -0.4 is 14.8 Å². The van der Waals surface area contributed by atoms with Gasteiger partial charge in [-0.05, 0) is 61.2 Å². The van der Waals surface area contributed by atoms with Crippen molar-refractivity contribution in [2.75, 3.05) is 19.8 Å². The Kier molecular flexibility index (Phi) is 6.67. The second-order valence-corrected chi connectivity index (χ2v) is 5.73. The molecule has 4 nitrogen and oxygen atoms in total. The molecule has 0 aliphatic carbocycles. The van der Waals surface area contributed by atoms with Crippen molar-refractivity contribution < 1.29 is 14.3 Å². The van der Waals surface area contributed by atoms with E-state index in [1.54, 1.807) is 0 Å². The Bertz CT molecular complexity index is 665. The number of ether oxygens (including phenoxy) is 2. The van der Waals surface area contributed by atoms with Gasteiger partial charge < -0.3 is 14.8 Å². The first-order valence-corrected chi connectivity index (χ1v) is 8.27. The Morgan fingerprint density at radius 2 is 1.67 bits per heavy atom. The number of rotatable bonds is 8. The summed E-state index contributed by atoms with van der Waals surface area (Å²) in [5.74, 6) is 1.37. The fourth-order valence-corrected chi connectivity index (χ4v) is 2.18. The minimum atomic E-state index is -0.154. The van der Waals surface area contributed by atoms with Crippen molar-refractivity contribution in [1.82, 2.24) is 5.32 Å². The Hall–Kier alpha value is -2.49. The van der Waals surface area contributed by atoms with E-state index >= 15 is 0 Å². The van der Waals surface area contributed by atoms with Crippen LogP contribution in [0.1, 0.15) is 23.6 Å². The highest BCUT2D eigenvalue weighted by atomic mass is 16.5. The molecule has 0 aromatic heterocycles. The summed E-state index contributed by atoms with van der Waals surface area (Å²) < 4.78 is 11.1. The highest BCUT2D eigenvalue weighted by Crippen LogP contribution is 2.16. The van der Waals surface area contributed by atoms with Crippen molar-refractivity contribution in [3.8, 4) is 11.5 Å². The number of amides is 1. The van der Waals surface area contributed by atoms with Gasteiger partial charge in [-0.15, -0.1) is 0 Å². The van der Waals surface area contributed by atoms with Gasteiger partial charge in [0.25, 0.3) is 5.91 Å². The maximum absolute atomic E-state index is 11.8. The van der Waals surface area contributed by atoms with Crippen LogP contribution in [-0.2, 0) is 11.2 Å². The van der Waals surface area contributed by atoms with Gasteiger partial charge in [-0.25, -0.2) is 0 Å². The van der Waals surface area contributed by atoms with Crippen LogP contribution in [0.5, 0.6) is 11.5 Å². The van der Waals surface area contributed by atoms with Gasteiger partial charge in [0.2, 0.25) is 0 Å². The molecular formula is C20H25NO3. The van der Waals surface area contributed by atoms with Gasteiger partial charge in [-0.2, -0.15) is 0 Å². The summed E-state index contributed by atoms with van der Waals surface area (Å²) in [6, 6.07) is 13.7. The largest absolute Gasteiger partial charge is 0.492 e. The molecule has 2 aromatic carbocycles. The molecule has 0 heterocycles. The lowest BCUT2D eigenvalue weighted by molar-refractivity contribution is -0.123. The van der Waals surface area contributed by atoms with Gasteiger partial charge in [-0.1, -0.05) is 25.1 Å². The lowest BCUT2D eigenvalue weighted by Crippen LogP contribution is -2.32. The van der Waals surface area contributed by atoms with E-state index in [1.165, 1.54) is 16.7 Å². The SMILES string of the molecule is CCc1ccc(OCC(=O)NCCOc2ccc(C)c(C)c2)cc1. The molecule has 0 atom stereocenters. The summed E-state index contributed by atoms with van der Waals surface area (Å²) in [4.78, 5) is 11.8. The number of aryl methyl sites for hydroxylation is 3. The quantitative estimate of drug-likeness (QED) is 0.756. The fraction of sp³-hybridized carbons (Fsp3) is 0.350. The summed E-state index contributed by atoms with van der Waals surface area (Å²) in [5, 5.41) is 2.78. The third-order valence-electron chi connectivity index (χ3n) is 3.87. The molecule has 0 fully saturated rings. The van der Waals surface area contributed by atoms with Crippen molar-refractivity contribution in [3.05, 3.63) is 59.2 Å². The summed E-state index contributed by atoms with van der Waals surface area (Å²) in [6.45, 7) is 7.10. The van der Waals surface area contributed by atoms with Crippen LogP contribution in [-0.4, -0.2) is 25.7 Å². The molecule has 128 valence electrons. The summed E-state index contributed by atoms with van der Waals surface area (Å²) in [7, 11) is 0. The Balaban J connectivity index is 1.64. The molecule has 0 saturated heterocycles. The molecule has 0 saturated carbocycles. The molecule has 24 heavy (non-hydrogen) atoms. The number of hydrogen-bond acceptors (Lipinski definition) is 3. The highest BCUT2D eigenvalue weighted by molar-refractivity contribution is 5.77. The monoisotopic (exact) mass is 327 g/mol. The van der Waals surface area contributed by atoms with Crippen LogP contribution in [0.2, 0.25) is 0 Å². The predicted molar refractivity (Wildman–Crippen MR) is 95.7 cm³/mol. The molecule has 0 aliphatic rings. The van der Waals surface area contributed by atoms with Gasteiger partial charge in [0.1, 0.15) is 18.1 Å². The molecule has 1 N–H and O–H groups in total. The predicted octanol–water partition coefficient (Wildman–Crippen LogP) is 3.44.